The number of rotatable bonds is 6. The zero-order chi connectivity index (χ0) is 14.4. The Kier molecular flexibility index (Phi) is 5.58. The van der Waals surface area contributed by atoms with Gasteiger partial charge in [0.2, 0.25) is 0 Å². The summed E-state index contributed by atoms with van der Waals surface area (Å²) in [4.78, 5) is 12.6. The first kappa shape index (κ1) is 15.3. The SMILES string of the molecule is CCN(CC(C)C#N)c1ccc(CCl)cc1[N+](=O)[O-]. The zero-order valence-electron chi connectivity index (χ0n) is 11.0. The molecule has 0 amide bonds. The number of hydrogen-bond acceptors (Lipinski definition) is 4. The Morgan fingerprint density at radius 3 is 2.74 bits per heavy atom. The topological polar surface area (TPSA) is 70.2 Å². The normalized spacial score (nSPS) is 11.7. The van der Waals surface area contributed by atoms with E-state index in [0.29, 0.717) is 24.3 Å². The lowest BCUT2D eigenvalue weighted by Crippen LogP contribution is -2.28. The summed E-state index contributed by atoms with van der Waals surface area (Å²) in [6.45, 7) is 4.77. The van der Waals surface area contributed by atoms with Crippen LogP contribution in [0.15, 0.2) is 18.2 Å². The van der Waals surface area contributed by atoms with Gasteiger partial charge in [-0.05, 0) is 25.5 Å². The zero-order valence-corrected chi connectivity index (χ0v) is 11.7. The fourth-order valence-corrected chi connectivity index (χ4v) is 2.00. The quantitative estimate of drug-likeness (QED) is 0.455. The van der Waals surface area contributed by atoms with Crippen LogP contribution in [0.4, 0.5) is 11.4 Å². The average molecular weight is 282 g/mol. The van der Waals surface area contributed by atoms with E-state index in [-0.39, 0.29) is 17.5 Å². The van der Waals surface area contributed by atoms with Crippen LogP contribution in [0.3, 0.4) is 0 Å². The summed E-state index contributed by atoms with van der Waals surface area (Å²) in [5.74, 6) is 0.0502. The van der Waals surface area contributed by atoms with Crippen LogP contribution in [0.1, 0.15) is 19.4 Å². The fraction of sp³-hybridized carbons (Fsp3) is 0.462. The third-order valence-corrected chi connectivity index (χ3v) is 3.14. The van der Waals surface area contributed by atoms with Gasteiger partial charge in [-0.15, -0.1) is 11.6 Å². The minimum absolute atomic E-state index is 0.0325. The van der Waals surface area contributed by atoms with Crippen molar-refractivity contribution in [2.45, 2.75) is 19.7 Å². The van der Waals surface area contributed by atoms with Crippen molar-refractivity contribution in [3.05, 3.63) is 33.9 Å². The van der Waals surface area contributed by atoms with Crippen LogP contribution in [-0.4, -0.2) is 18.0 Å². The first-order chi connectivity index (χ1) is 9.03. The van der Waals surface area contributed by atoms with E-state index in [9.17, 15) is 10.1 Å². The maximum atomic E-state index is 11.1. The van der Waals surface area contributed by atoms with Crippen LogP contribution < -0.4 is 4.90 Å². The summed E-state index contributed by atoms with van der Waals surface area (Å²) >= 11 is 5.70. The highest BCUT2D eigenvalue weighted by atomic mass is 35.5. The first-order valence-corrected chi connectivity index (χ1v) is 6.54. The van der Waals surface area contributed by atoms with Crippen LogP contribution in [0, 0.1) is 27.4 Å². The van der Waals surface area contributed by atoms with Crippen molar-refractivity contribution in [1.82, 2.24) is 0 Å². The van der Waals surface area contributed by atoms with Gasteiger partial charge in [0.1, 0.15) is 5.69 Å². The monoisotopic (exact) mass is 281 g/mol. The van der Waals surface area contributed by atoms with Crippen LogP contribution in [0.2, 0.25) is 0 Å². The molecule has 0 saturated heterocycles. The first-order valence-electron chi connectivity index (χ1n) is 6.01. The Morgan fingerprint density at radius 2 is 2.26 bits per heavy atom. The smallest absolute Gasteiger partial charge is 0.292 e. The second-order valence-electron chi connectivity index (χ2n) is 4.28. The lowest BCUT2D eigenvalue weighted by Gasteiger charge is -2.24. The fourth-order valence-electron chi connectivity index (χ4n) is 1.83. The van der Waals surface area contributed by atoms with Crippen molar-refractivity contribution >= 4 is 23.0 Å². The van der Waals surface area contributed by atoms with E-state index in [4.69, 9.17) is 16.9 Å². The number of nitro groups is 1. The Labute approximate surface area is 117 Å². The summed E-state index contributed by atoms with van der Waals surface area (Å²) in [5.41, 5.74) is 1.27. The molecule has 0 aliphatic carbocycles. The largest absolute Gasteiger partial charge is 0.365 e. The highest BCUT2D eigenvalue weighted by Crippen LogP contribution is 2.30. The van der Waals surface area contributed by atoms with Gasteiger partial charge < -0.3 is 4.90 Å². The second kappa shape index (κ2) is 6.95. The van der Waals surface area contributed by atoms with Gasteiger partial charge in [0.05, 0.1) is 16.9 Å². The van der Waals surface area contributed by atoms with Crippen molar-refractivity contribution in [1.29, 1.82) is 5.26 Å². The predicted octanol–water partition coefficient (Wildman–Crippen LogP) is 3.32. The summed E-state index contributed by atoms with van der Waals surface area (Å²) < 4.78 is 0. The van der Waals surface area contributed by atoms with E-state index in [1.807, 2.05) is 11.8 Å². The molecule has 0 heterocycles. The van der Waals surface area contributed by atoms with Gasteiger partial charge in [0, 0.05) is 25.0 Å². The predicted molar refractivity (Wildman–Crippen MR) is 75.3 cm³/mol. The molecule has 1 aromatic carbocycles. The standard InChI is InChI=1S/C13H16ClN3O2/c1-3-16(9-10(2)8-15)12-5-4-11(7-14)6-13(12)17(18)19/h4-6,10H,3,7,9H2,1-2H3. The van der Waals surface area contributed by atoms with Gasteiger partial charge in [-0.2, -0.15) is 5.26 Å². The molecular formula is C13H16ClN3O2. The van der Waals surface area contributed by atoms with Crippen molar-refractivity contribution in [3.63, 3.8) is 0 Å². The van der Waals surface area contributed by atoms with Crippen LogP contribution in [0.5, 0.6) is 0 Å². The van der Waals surface area contributed by atoms with E-state index in [1.54, 1.807) is 19.1 Å². The molecule has 0 bridgehead atoms. The van der Waals surface area contributed by atoms with Gasteiger partial charge in [-0.3, -0.25) is 10.1 Å². The molecule has 6 heteroatoms. The molecule has 19 heavy (non-hydrogen) atoms. The average Bonchev–Trinajstić information content (AvgIpc) is 2.43. The van der Waals surface area contributed by atoms with Gasteiger partial charge in [-0.1, -0.05) is 6.07 Å². The van der Waals surface area contributed by atoms with Gasteiger partial charge >= 0.3 is 0 Å². The Hall–Kier alpha value is -1.80. The second-order valence-corrected chi connectivity index (χ2v) is 4.55. The molecule has 0 aliphatic rings. The summed E-state index contributed by atoms with van der Waals surface area (Å²) in [6.07, 6.45) is 0. The van der Waals surface area contributed by atoms with E-state index in [0.717, 1.165) is 0 Å². The summed E-state index contributed by atoms with van der Waals surface area (Å²) in [6, 6.07) is 7.10. The lowest BCUT2D eigenvalue weighted by atomic mass is 10.1. The molecule has 0 aliphatic heterocycles. The number of halogens is 1. The van der Waals surface area contributed by atoms with E-state index in [2.05, 4.69) is 6.07 Å². The maximum absolute atomic E-state index is 11.1. The third-order valence-electron chi connectivity index (χ3n) is 2.83. The Morgan fingerprint density at radius 1 is 1.58 bits per heavy atom. The molecule has 0 fully saturated rings. The molecule has 1 atom stereocenters. The Bertz CT molecular complexity index is 499. The number of nitro benzene ring substituents is 1. The number of hydrogen-bond donors (Lipinski definition) is 0. The van der Waals surface area contributed by atoms with E-state index >= 15 is 0 Å². The van der Waals surface area contributed by atoms with E-state index < -0.39 is 4.92 Å². The summed E-state index contributed by atoms with van der Waals surface area (Å²) in [5, 5.41) is 20.0. The summed E-state index contributed by atoms with van der Waals surface area (Å²) in [7, 11) is 0. The van der Waals surface area contributed by atoms with Crippen LogP contribution in [-0.2, 0) is 5.88 Å². The molecule has 0 saturated carbocycles. The molecule has 102 valence electrons. The molecular weight excluding hydrogens is 266 g/mol. The highest BCUT2D eigenvalue weighted by Gasteiger charge is 2.20. The van der Waals surface area contributed by atoms with Crippen LogP contribution >= 0.6 is 11.6 Å². The van der Waals surface area contributed by atoms with Crippen molar-refractivity contribution in [2.24, 2.45) is 5.92 Å². The minimum atomic E-state index is -0.412. The number of alkyl halides is 1. The molecule has 0 spiro atoms. The number of nitriles is 1. The van der Waals surface area contributed by atoms with Crippen LogP contribution in [0.25, 0.3) is 0 Å². The van der Waals surface area contributed by atoms with Crippen molar-refractivity contribution < 1.29 is 4.92 Å². The van der Waals surface area contributed by atoms with Gasteiger partial charge in [-0.25, -0.2) is 0 Å². The maximum Gasteiger partial charge on any atom is 0.292 e. The minimum Gasteiger partial charge on any atom is -0.365 e. The van der Waals surface area contributed by atoms with Gasteiger partial charge in [0.25, 0.3) is 5.69 Å². The number of benzene rings is 1. The highest BCUT2D eigenvalue weighted by molar-refractivity contribution is 6.17. The third kappa shape index (κ3) is 3.83. The van der Waals surface area contributed by atoms with Gasteiger partial charge in [0.15, 0.2) is 0 Å². The molecule has 5 nitrogen and oxygen atoms in total. The lowest BCUT2D eigenvalue weighted by molar-refractivity contribution is -0.384. The molecule has 1 rings (SSSR count). The molecule has 0 aromatic heterocycles. The number of nitrogens with zero attached hydrogens (tertiary/aromatic N) is 3. The molecule has 0 radical (unpaired) electrons. The molecule has 1 aromatic rings. The molecule has 1 unspecified atom stereocenters. The Balaban J connectivity index is 3.16. The van der Waals surface area contributed by atoms with Crippen molar-refractivity contribution in [3.8, 4) is 6.07 Å². The number of anilines is 1. The molecule has 0 N–H and O–H groups in total. The van der Waals surface area contributed by atoms with Crippen molar-refractivity contribution in [2.75, 3.05) is 18.0 Å². The van der Waals surface area contributed by atoms with E-state index in [1.165, 1.54) is 6.07 Å².